The molecule has 0 atom stereocenters. The van der Waals surface area contributed by atoms with Gasteiger partial charge in [-0.3, -0.25) is 0 Å². The summed E-state index contributed by atoms with van der Waals surface area (Å²) in [6.45, 7) is 5.05. The van der Waals surface area contributed by atoms with Gasteiger partial charge >= 0.3 is 18.4 Å². The molecule has 2 aromatic rings. The van der Waals surface area contributed by atoms with E-state index in [0.29, 0.717) is 25.2 Å². The second kappa shape index (κ2) is 9.27. The third kappa shape index (κ3) is 6.57. The van der Waals surface area contributed by atoms with E-state index >= 15 is 0 Å². The molecule has 0 fully saturated rings. The number of benzene rings is 2. The van der Waals surface area contributed by atoms with Crippen molar-refractivity contribution in [1.29, 1.82) is 0 Å². The van der Waals surface area contributed by atoms with Crippen molar-refractivity contribution in [2.24, 2.45) is 0 Å². The maximum absolute atomic E-state index is 12.9. The highest BCUT2D eigenvalue weighted by Crippen LogP contribution is 2.37. The third-order valence-corrected chi connectivity index (χ3v) is 4.26. The van der Waals surface area contributed by atoms with Crippen LogP contribution in [-0.2, 0) is 12.4 Å². The fraction of sp³-hybridized carbons (Fsp3) is 0.350. The number of carbonyl (C=O) groups is 1. The summed E-state index contributed by atoms with van der Waals surface area (Å²) in [5.74, 6) is 0. The van der Waals surface area contributed by atoms with Gasteiger partial charge in [0.05, 0.1) is 11.1 Å². The molecule has 2 N–H and O–H groups in total. The van der Waals surface area contributed by atoms with Gasteiger partial charge in [-0.1, -0.05) is 12.1 Å². The van der Waals surface area contributed by atoms with Gasteiger partial charge in [0.1, 0.15) is 0 Å². The lowest BCUT2D eigenvalue weighted by atomic mass is 10.1. The Morgan fingerprint density at radius 3 is 2.07 bits per heavy atom. The molecule has 0 radical (unpaired) electrons. The van der Waals surface area contributed by atoms with Gasteiger partial charge in [-0.25, -0.2) is 4.79 Å². The Hall–Kier alpha value is -2.91. The summed E-state index contributed by atoms with van der Waals surface area (Å²) in [4.78, 5) is 14.0. The summed E-state index contributed by atoms with van der Waals surface area (Å²) < 4.78 is 77.4. The van der Waals surface area contributed by atoms with Crippen LogP contribution in [-0.4, -0.2) is 25.7 Å². The van der Waals surface area contributed by atoms with Gasteiger partial charge in [-0.15, -0.1) is 0 Å². The van der Waals surface area contributed by atoms with E-state index in [9.17, 15) is 31.1 Å². The number of aryl methyl sites for hydroxylation is 1. The van der Waals surface area contributed by atoms with Crippen molar-refractivity contribution in [1.82, 2.24) is 5.32 Å². The number of nitrogens with zero attached hydrogens (tertiary/aromatic N) is 1. The quantitative estimate of drug-likeness (QED) is 0.576. The van der Waals surface area contributed by atoms with Crippen LogP contribution >= 0.6 is 0 Å². The lowest BCUT2D eigenvalue weighted by Gasteiger charge is -2.23. The van der Waals surface area contributed by atoms with Crippen LogP contribution < -0.4 is 15.5 Å². The molecule has 164 valence electrons. The fourth-order valence-corrected chi connectivity index (χ4v) is 2.80. The molecule has 4 nitrogen and oxygen atoms in total. The zero-order chi connectivity index (χ0) is 22.5. The Kier molecular flexibility index (Phi) is 7.22. The maximum Gasteiger partial charge on any atom is 0.416 e. The number of halogens is 6. The summed E-state index contributed by atoms with van der Waals surface area (Å²) in [7, 11) is 0. The molecule has 2 rings (SSSR count). The number of likely N-dealkylation sites (N-methyl/N-ethyl adjacent to an activating group) is 1. The zero-order valence-corrected chi connectivity index (χ0v) is 16.3. The molecular formula is C20H21F6N3O. The first-order chi connectivity index (χ1) is 13.9. The van der Waals surface area contributed by atoms with Crippen LogP contribution in [0, 0.1) is 6.92 Å². The molecule has 2 amide bonds. The van der Waals surface area contributed by atoms with E-state index in [2.05, 4.69) is 5.32 Å². The van der Waals surface area contributed by atoms with E-state index in [1.54, 1.807) is 0 Å². The van der Waals surface area contributed by atoms with Crippen molar-refractivity contribution >= 4 is 17.4 Å². The van der Waals surface area contributed by atoms with E-state index < -0.39 is 35.2 Å². The molecule has 0 saturated heterocycles. The molecule has 0 spiro atoms. The van der Waals surface area contributed by atoms with Crippen LogP contribution in [0.25, 0.3) is 0 Å². The molecule has 0 aromatic heterocycles. The monoisotopic (exact) mass is 433 g/mol. The van der Waals surface area contributed by atoms with Crippen molar-refractivity contribution < 1.29 is 31.1 Å². The molecule has 10 heteroatoms. The number of amides is 2. The van der Waals surface area contributed by atoms with E-state index in [0.717, 1.165) is 11.3 Å². The van der Waals surface area contributed by atoms with Crippen LogP contribution in [0.15, 0.2) is 42.5 Å². The Labute approximate surface area is 169 Å². The number of hydrogen-bond donors (Lipinski definition) is 2. The van der Waals surface area contributed by atoms with Gasteiger partial charge in [-0.05, 0) is 49.7 Å². The third-order valence-electron chi connectivity index (χ3n) is 4.26. The highest BCUT2D eigenvalue weighted by Gasteiger charge is 2.37. The standard InChI is InChI=1S/C20H21F6N3O/c1-3-29(17-6-4-5-13(2)9-17)8-7-27-18(30)28-16-11-14(19(21,22)23)10-15(12-16)20(24,25)26/h4-6,9-12H,3,7-8H2,1-2H3,(H2,27,28,30). The minimum Gasteiger partial charge on any atom is -0.370 e. The van der Waals surface area contributed by atoms with Gasteiger partial charge in [0.15, 0.2) is 0 Å². The average molecular weight is 433 g/mol. The van der Waals surface area contributed by atoms with Crippen molar-refractivity contribution in [3.8, 4) is 0 Å². The van der Waals surface area contributed by atoms with Crippen molar-refractivity contribution in [3.63, 3.8) is 0 Å². The average Bonchev–Trinajstić information content (AvgIpc) is 2.63. The molecule has 30 heavy (non-hydrogen) atoms. The first-order valence-electron chi connectivity index (χ1n) is 9.06. The largest absolute Gasteiger partial charge is 0.416 e. The molecule has 0 unspecified atom stereocenters. The molecule has 0 aliphatic rings. The summed E-state index contributed by atoms with van der Waals surface area (Å²) in [6.07, 6.45) is -9.97. The lowest BCUT2D eigenvalue weighted by molar-refractivity contribution is -0.143. The SMILES string of the molecule is CCN(CCNC(=O)Nc1cc(C(F)(F)F)cc(C(F)(F)F)c1)c1cccc(C)c1. The van der Waals surface area contributed by atoms with Crippen LogP contribution in [0.1, 0.15) is 23.6 Å². The van der Waals surface area contributed by atoms with E-state index in [1.807, 2.05) is 48.3 Å². The maximum atomic E-state index is 12.9. The lowest BCUT2D eigenvalue weighted by Crippen LogP contribution is -2.37. The van der Waals surface area contributed by atoms with Crippen molar-refractivity contribution in [3.05, 3.63) is 59.2 Å². The summed E-state index contributed by atoms with van der Waals surface area (Å²) >= 11 is 0. The van der Waals surface area contributed by atoms with Gasteiger partial charge in [0, 0.05) is 31.0 Å². The minimum absolute atomic E-state index is 0.00403. The van der Waals surface area contributed by atoms with Gasteiger partial charge in [0.25, 0.3) is 0 Å². The van der Waals surface area contributed by atoms with E-state index in [4.69, 9.17) is 0 Å². The molecule has 0 heterocycles. The van der Waals surface area contributed by atoms with Gasteiger partial charge in [0.2, 0.25) is 0 Å². The second-order valence-electron chi connectivity index (χ2n) is 6.59. The topological polar surface area (TPSA) is 44.4 Å². The van der Waals surface area contributed by atoms with E-state index in [-0.39, 0.29) is 12.6 Å². The number of rotatable bonds is 6. The predicted octanol–water partition coefficient (Wildman–Crippen LogP) is 5.68. The molecule has 0 bridgehead atoms. The molecule has 0 aliphatic carbocycles. The van der Waals surface area contributed by atoms with E-state index in [1.165, 1.54) is 0 Å². The number of alkyl halides is 6. The van der Waals surface area contributed by atoms with Crippen LogP contribution in [0.2, 0.25) is 0 Å². The van der Waals surface area contributed by atoms with Crippen LogP contribution in [0.3, 0.4) is 0 Å². The van der Waals surface area contributed by atoms with Gasteiger partial charge < -0.3 is 15.5 Å². The number of hydrogen-bond acceptors (Lipinski definition) is 2. The smallest absolute Gasteiger partial charge is 0.370 e. The molecular weight excluding hydrogens is 412 g/mol. The number of urea groups is 1. The van der Waals surface area contributed by atoms with Crippen LogP contribution in [0.4, 0.5) is 42.5 Å². The highest BCUT2D eigenvalue weighted by molar-refractivity contribution is 5.89. The Bertz CT molecular complexity index is 847. The summed E-state index contributed by atoms with van der Waals surface area (Å²) in [5, 5.41) is 4.48. The first kappa shape index (κ1) is 23.4. The second-order valence-corrected chi connectivity index (χ2v) is 6.59. The normalized spacial score (nSPS) is 11.9. The van der Waals surface area contributed by atoms with Crippen LogP contribution in [0.5, 0.6) is 0 Å². The molecule has 0 saturated carbocycles. The zero-order valence-electron chi connectivity index (χ0n) is 16.3. The first-order valence-corrected chi connectivity index (χ1v) is 9.06. The van der Waals surface area contributed by atoms with Gasteiger partial charge in [-0.2, -0.15) is 26.3 Å². The number of nitrogens with one attached hydrogen (secondary N) is 2. The highest BCUT2D eigenvalue weighted by atomic mass is 19.4. The Morgan fingerprint density at radius 1 is 0.967 bits per heavy atom. The Balaban J connectivity index is 2.03. The predicted molar refractivity (Wildman–Crippen MR) is 103 cm³/mol. The summed E-state index contributed by atoms with van der Waals surface area (Å²) in [6, 6.07) is 7.71. The van der Waals surface area contributed by atoms with Crippen molar-refractivity contribution in [2.45, 2.75) is 26.2 Å². The molecule has 2 aromatic carbocycles. The number of carbonyl (C=O) groups excluding carboxylic acids is 1. The van der Waals surface area contributed by atoms with Crippen molar-refractivity contribution in [2.75, 3.05) is 29.9 Å². The summed E-state index contributed by atoms with van der Waals surface area (Å²) in [5.41, 5.74) is -1.59. The fourth-order valence-electron chi connectivity index (χ4n) is 2.80. The minimum atomic E-state index is -4.98. The number of anilines is 2. The molecule has 0 aliphatic heterocycles. The Morgan fingerprint density at radius 2 is 1.57 bits per heavy atom.